The minimum atomic E-state index is -3.66. The number of halogens is 1. The van der Waals surface area contributed by atoms with Crippen molar-refractivity contribution >= 4 is 27.5 Å². The summed E-state index contributed by atoms with van der Waals surface area (Å²) >= 11 is 6.06. The van der Waals surface area contributed by atoms with Gasteiger partial charge in [-0.15, -0.1) is 0 Å². The van der Waals surface area contributed by atoms with Crippen molar-refractivity contribution in [1.29, 1.82) is 0 Å². The van der Waals surface area contributed by atoms with Gasteiger partial charge in [-0.1, -0.05) is 25.4 Å². The number of amides is 1. The average Bonchev–Trinajstić information content (AvgIpc) is 2.35. The van der Waals surface area contributed by atoms with Gasteiger partial charge in [0.2, 0.25) is 10.0 Å². The Morgan fingerprint density at radius 2 is 1.86 bits per heavy atom. The normalized spacial score (nSPS) is 12.0. The molecule has 0 aliphatic carbocycles. The third-order valence-electron chi connectivity index (χ3n) is 2.86. The first-order valence-electron chi connectivity index (χ1n) is 7.12. The molecule has 1 amide bonds. The molecule has 0 heterocycles. The van der Waals surface area contributed by atoms with Crippen LogP contribution in [0.25, 0.3) is 0 Å². The number of carbonyl (C=O) groups is 1. The van der Waals surface area contributed by atoms with Crippen molar-refractivity contribution in [3.63, 3.8) is 0 Å². The highest BCUT2D eigenvalue weighted by atomic mass is 35.5. The van der Waals surface area contributed by atoms with Gasteiger partial charge in [-0.05, 0) is 38.0 Å². The maximum absolute atomic E-state index is 12.4. The van der Waals surface area contributed by atoms with E-state index in [2.05, 4.69) is 4.72 Å². The van der Waals surface area contributed by atoms with Crippen LogP contribution in [0.3, 0.4) is 0 Å². The minimum Gasteiger partial charge on any atom is -0.341 e. The highest BCUT2D eigenvalue weighted by Crippen LogP contribution is 2.22. The van der Waals surface area contributed by atoms with Crippen LogP contribution in [-0.2, 0) is 10.0 Å². The number of hydrogen-bond acceptors (Lipinski definition) is 3. The second kappa shape index (κ2) is 7.44. The molecular weight excluding hydrogens is 324 g/mol. The molecule has 0 bridgehead atoms. The predicted molar refractivity (Wildman–Crippen MR) is 88.7 cm³/mol. The van der Waals surface area contributed by atoms with Gasteiger partial charge in [0.25, 0.3) is 5.91 Å². The fourth-order valence-corrected chi connectivity index (χ4v) is 3.53. The molecule has 0 aliphatic rings. The first-order chi connectivity index (χ1) is 10.0. The summed E-state index contributed by atoms with van der Waals surface area (Å²) in [4.78, 5) is 14.0. The van der Waals surface area contributed by atoms with Crippen LogP contribution in [0.2, 0.25) is 5.02 Å². The molecule has 124 valence electrons. The molecule has 1 rings (SSSR count). The Hall–Kier alpha value is -1.11. The minimum absolute atomic E-state index is 0.0342. The van der Waals surface area contributed by atoms with E-state index in [1.54, 1.807) is 20.9 Å². The maximum Gasteiger partial charge on any atom is 0.255 e. The van der Waals surface area contributed by atoms with Crippen molar-refractivity contribution in [2.75, 3.05) is 13.6 Å². The van der Waals surface area contributed by atoms with Gasteiger partial charge >= 0.3 is 0 Å². The van der Waals surface area contributed by atoms with Gasteiger partial charge < -0.3 is 4.90 Å². The topological polar surface area (TPSA) is 66.5 Å². The Bertz CT molecular complexity index is 642. The fraction of sp³-hybridized carbons (Fsp3) is 0.533. The summed E-state index contributed by atoms with van der Waals surface area (Å²) in [5, 5.41) is 0.240. The Morgan fingerprint density at radius 1 is 1.27 bits per heavy atom. The van der Waals surface area contributed by atoms with Crippen LogP contribution >= 0.6 is 11.6 Å². The molecular formula is C15H23ClN2O3S. The molecule has 22 heavy (non-hydrogen) atoms. The molecule has 0 atom stereocenters. The highest BCUT2D eigenvalue weighted by Gasteiger charge is 2.21. The molecule has 0 saturated carbocycles. The van der Waals surface area contributed by atoms with Gasteiger partial charge in [0, 0.05) is 19.6 Å². The third-order valence-corrected chi connectivity index (χ3v) is 4.84. The number of sulfonamides is 1. The van der Waals surface area contributed by atoms with Crippen LogP contribution in [0.15, 0.2) is 23.1 Å². The lowest BCUT2D eigenvalue weighted by Gasteiger charge is -2.20. The van der Waals surface area contributed by atoms with E-state index in [0.717, 1.165) is 0 Å². The zero-order valence-corrected chi connectivity index (χ0v) is 15.1. The number of hydrogen-bond donors (Lipinski definition) is 1. The lowest BCUT2D eigenvalue weighted by Crippen LogP contribution is -2.32. The van der Waals surface area contributed by atoms with E-state index in [0.29, 0.717) is 12.5 Å². The average molecular weight is 347 g/mol. The Balaban J connectivity index is 3.18. The molecule has 7 heteroatoms. The molecule has 0 saturated heterocycles. The molecule has 0 aliphatic heterocycles. The van der Waals surface area contributed by atoms with E-state index in [-0.39, 0.29) is 27.4 Å². The second-order valence-corrected chi connectivity index (χ2v) is 8.12. The quantitative estimate of drug-likeness (QED) is 0.861. The summed E-state index contributed by atoms with van der Waals surface area (Å²) in [5.74, 6) is 0.0162. The highest BCUT2D eigenvalue weighted by molar-refractivity contribution is 7.89. The summed E-state index contributed by atoms with van der Waals surface area (Å²) in [5.41, 5.74) is 0.191. The zero-order chi connectivity index (χ0) is 17.1. The summed E-state index contributed by atoms with van der Waals surface area (Å²) in [6, 6.07) is 3.93. The number of nitrogens with zero attached hydrogens (tertiary/aromatic N) is 1. The molecule has 0 fully saturated rings. The van der Waals surface area contributed by atoms with Gasteiger partial charge in [0.15, 0.2) is 0 Å². The summed E-state index contributed by atoms with van der Waals surface area (Å²) in [6.45, 7) is 8.03. The van der Waals surface area contributed by atoms with Gasteiger partial charge in [0.1, 0.15) is 0 Å². The van der Waals surface area contributed by atoms with Crippen LogP contribution in [0.4, 0.5) is 0 Å². The van der Waals surface area contributed by atoms with Crippen LogP contribution in [-0.4, -0.2) is 38.9 Å². The first-order valence-corrected chi connectivity index (χ1v) is 8.98. The fourth-order valence-electron chi connectivity index (χ4n) is 2.05. The number of benzene rings is 1. The lowest BCUT2D eigenvalue weighted by molar-refractivity contribution is 0.0779. The predicted octanol–water partition coefficient (Wildman–Crippen LogP) is 2.75. The van der Waals surface area contributed by atoms with Crippen LogP contribution in [0.1, 0.15) is 38.1 Å². The zero-order valence-electron chi connectivity index (χ0n) is 13.6. The van der Waals surface area contributed by atoms with E-state index in [9.17, 15) is 13.2 Å². The maximum atomic E-state index is 12.4. The SMILES string of the molecule is CC(C)CN(C)C(=O)c1cc(S(=O)(=O)NC(C)C)ccc1Cl. The number of rotatable bonds is 6. The van der Waals surface area contributed by atoms with Crippen molar-refractivity contribution in [2.24, 2.45) is 5.92 Å². The molecule has 5 nitrogen and oxygen atoms in total. The van der Waals surface area contributed by atoms with Gasteiger partial charge in [0.05, 0.1) is 15.5 Å². The monoisotopic (exact) mass is 346 g/mol. The van der Waals surface area contributed by atoms with E-state index >= 15 is 0 Å². The van der Waals surface area contributed by atoms with E-state index < -0.39 is 10.0 Å². The molecule has 0 unspecified atom stereocenters. The second-order valence-electron chi connectivity index (χ2n) is 6.00. The van der Waals surface area contributed by atoms with E-state index in [1.807, 2.05) is 13.8 Å². The van der Waals surface area contributed by atoms with Crippen LogP contribution in [0, 0.1) is 5.92 Å². The molecule has 1 aromatic rings. The van der Waals surface area contributed by atoms with Crippen molar-refractivity contribution in [3.8, 4) is 0 Å². The van der Waals surface area contributed by atoms with Crippen molar-refractivity contribution in [2.45, 2.75) is 38.6 Å². The number of nitrogens with one attached hydrogen (secondary N) is 1. The smallest absolute Gasteiger partial charge is 0.255 e. The van der Waals surface area contributed by atoms with Gasteiger partial charge in [-0.25, -0.2) is 13.1 Å². The van der Waals surface area contributed by atoms with Crippen molar-refractivity contribution in [3.05, 3.63) is 28.8 Å². The molecule has 0 radical (unpaired) electrons. The first kappa shape index (κ1) is 18.9. The van der Waals surface area contributed by atoms with E-state index in [4.69, 9.17) is 11.6 Å². The van der Waals surface area contributed by atoms with Crippen molar-refractivity contribution in [1.82, 2.24) is 9.62 Å². The van der Waals surface area contributed by atoms with Crippen LogP contribution in [0.5, 0.6) is 0 Å². The molecule has 1 aromatic carbocycles. The molecule has 1 N–H and O–H groups in total. The van der Waals surface area contributed by atoms with Gasteiger partial charge in [-0.2, -0.15) is 0 Å². The van der Waals surface area contributed by atoms with E-state index in [1.165, 1.54) is 23.1 Å². The largest absolute Gasteiger partial charge is 0.341 e. The summed E-state index contributed by atoms with van der Waals surface area (Å²) in [7, 11) is -1.99. The Morgan fingerprint density at radius 3 is 2.36 bits per heavy atom. The number of carbonyl (C=O) groups excluding carboxylic acids is 1. The molecule has 0 spiro atoms. The van der Waals surface area contributed by atoms with Crippen LogP contribution < -0.4 is 4.72 Å². The third kappa shape index (κ3) is 4.97. The standard InChI is InChI=1S/C15H23ClN2O3S/c1-10(2)9-18(5)15(19)13-8-12(6-7-14(13)16)22(20,21)17-11(3)4/h6-8,10-11,17H,9H2,1-5H3. The van der Waals surface area contributed by atoms with Gasteiger partial charge in [-0.3, -0.25) is 4.79 Å². The lowest BCUT2D eigenvalue weighted by atomic mass is 10.1. The van der Waals surface area contributed by atoms with Crippen molar-refractivity contribution < 1.29 is 13.2 Å². The molecule has 0 aromatic heterocycles. The Labute approximate surface area is 137 Å². The summed E-state index contributed by atoms with van der Waals surface area (Å²) < 4.78 is 26.9. The Kier molecular flexibility index (Phi) is 6.40. The summed E-state index contributed by atoms with van der Waals surface area (Å²) in [6.07, 6.45) is 0.